The maximum Gasteiger partial charge on any atom is 0.247 e. The minimum atomic E-state index is -3.60. The van der Waals surface area contributed by atoms with Crippen LogP contribution in [0, 0.1) is 5.92 Å². The third-order valence-corrected chi connectivity index (χ3v) is 6.23. The summed E-state index contributed by atoms with van der Waals surface area (Å²) >= 11 is 0. The van der Waals surface area contributed by atoms with Crippen LogP contribution < -0.4 is 5.32 Å². The molecular weight excluding hydrogens is 332 g/mol. The van der Waals surface area contributed by atoms with Crippen molar-refractivity contribution in [3.8, 4) is 0 Å². The van der Waals surface area contributed by atoms with E-state index in [2.05, 4.69) is 17.1 Å². The largest absolute Gasteiger partial charge is 0.380 e. The van der Waals surface area contributed by atoms with E-state index in [1.165, 1.54) is 27.0 Å². The van der Waals surface area contributed by atoms with Gasteiger partial charge in [0.05, 0.1) is 12.4 Å². The monoisotopic (exact) mass is 358 g/mol. The fourth-order valence-corrected chi connectivity index (χ4v) is 3.42. The lowest BCUT2D eigenvalue weighted by molar-refractivity contribution is -0.118. The molecule has 0 saturated heterocycles. The number of amides is 1. The molecule has 0 atom stereocenters. The van der Waals surface area contributed by atoms with Crippen LogP contribution >= 0.6 is 0 Å². The van der Waals surface area contributed by atoms with Crippen LogP contribution in [0.15, 0.2) is 17.2 Å². The van der Waals surface area contributed by atoms with Gasteiger partial charge < -0.3 is 9.26 Å². The number of nitrogens with zero attached hydrogens (tertiary/aromatic N) is 1. The normalized spacial score (nSPS) is 12.4. The Labute approximate surface area is 143 Å². The van der Waals surface area contributed by atoms with Crippen molar-refractivity contribution < 1.29 is 22.5 Å². The molecule has 0 spiro atoms. The molecule has 8 heteroatoms. The average molecular weight is 358 g/mol. The molecule has 0 radical (unpaired) electrons. The summed E-state index contributed by atoms with van der Waals surface area (Å²) in [7, 11) is -2.08. The second-order valence-corrected chi connectivity index (χ2v) is 9.24. The number of sulfone groups is 1. The van der Waals surface area contributed by atoms with Gasteiger partial charge in [-0.15, -0.1) is 0 Å². The molecule has 136 valence electrons. The molecule has 0 aromatic carbocycles. The molecule has 0 aliphatic carbocycles. The summed E-state index contributed by atoms with van der Waals surface area (Å²) in [6.07, 6.45) is 0.502. The van der Waals surface area contributed by atoms with Gasteiger partial charge in [0.25, 0.3) is 0 Å². The van der Waals surface area contributed by atoms with E-state index in [0.717, 1.165) is 0 Å². The molecule has 1 heterocycles. The summed E-state index contributed by atoms with van der Waals surface area (Å²) in [5, 5.41) is 6.24. The second kappa shape index (κ2) is 7.94. The Balaban J connectivity index is 2.84. The van der Waals surface area contributed by atoms with Gasteiger partial charge in [0.15, 0.2) is 9.84 Å². The third-order valence-electron chi connectivity index (χ3n) is 3.72. The molecule has 7 nitrogen and oxygen atoms in total. The Kier molecular flexibility index (Phi) is 6.74. The average Bonchev–Trinajstić information content (AvgIpc) is 2.94. The molecule has 0 aliphatic rings. The van der Waals surface area contributed by atoms with Crippen LogP contribution in [-0.4, -0.2) is 43.7 Å². The van der Waals surface area contributed by atoms with E-state index in [1.807, 2.05) is 13.8 Å². The van der Waals surface area contributed by atoms with Gasteiger partial charge in [0, 0.05) is 13.2 Å². The summed E-state index contributed by atoms with van der Waals surface area (Å²) in [5.41, 5.74) is 1.03. The number of carbonyl (C=O) groups is 1. The van der Waals surface area contributed by atoms with Crippen LogP contribution in [0.4, 0.5) is 5.88 Å². The van der Waals surface area contributed by atoms with Crippen molar-refractivity contribution in [3.05, 3.63) is 18.3 Å². The number of hydrogen-bond acceptors (Lipinski definition) is 6. The summed E-state index contributed by atoms with van der Waals surface area (Å²) in [6, 6.07) is 1.48. The lowest BCUT2D eigenvalue weighted by Gasteiger charge is -2.23. The minimum Gasteiger partial charge on any atom is -0.380 e. The summed E-state index contributed by atoms with van der Waals surface area (Å²) < 4.78 is 33.3. The molecule has 24 heavy (non-hydrogen) atoms. The molecule has 0 bridgehead atoms. The quantitative estimate of drug-likeness (QED) is 0.728. The highest BCUT2D eigenvalue weighted by molar-refractivity contribution is 7.93. The van der Waals surface area contributed by atoms with Gasteiger partial charge in [-0.1, -0.05) is 25.6 Å². The lowest BCUT2D eigenvalue weighted by Crippen LogP contribution is -2.45. The molecule has 1 rings (SSSR count). The predicted molar refractivity (Wildman–Crippen MR) is 93.4 cm³/mol. The van der Waals surface area contributed by atoms with Gasteiger partial charge in [-0.05, 0) is 31.8 Å². The maximum absolute atomic E-state index is 12.4. The second-order valence-electron chi connectivity index (χ2n) is 6.58. The van der Waals surface area contributed by atoms with Crippen LogP contribution in [0.5, 0.6) is 0 Å². The van der Waals surface area contributed by atoms with Crippen LogP contribution in [0.1, 0.15) is 39.8 Å². The van der Waals surface area contributed by atoms with Crippen molar-refractivity contribution in [3.63, 3.8) is 0 Å². The summed E-state index contributed by atoms with van der Waals surface area (Å²) in [5.74, 6) is -0.398. The van der Waals surface area contributed by atoms with Gasteiger partial charge in [0.1, 0.15) is 10.4 Å². The van der Waals surface area contributed by atoms with Gasteiger partial charge in [0.2, 0.25) is 11.8 Å². The van der Waals surface area contributed by atoms with E-state index in [0.29, 0.717) is 17.7 Å². The molecule has 1 aromatic heterocycles. The lowest BCUT2D eigenvalue weighted by atomic mass is 10.2. The number of carbonyl (C=O) groups excluding carboxylic acids is 1. The third kappa shape index (κ3) is 4.91. The fraction of sp³-hybridized carbons (Fsp3) is 0.625. The first-order valence-corrected chi connectivity index (χ1v) is 9.34. The Hall–Kier alpha value is -1.67. The zero-order chi connectivity index (χ0) is 18.5. The number of methoxy groups -OCH3 is 1. The SMILES string of the molecule is C=C(COC)c1cc(NC(=O)C(C)(C)S(=O)(=O)CCC(C)C)on1. The van der Waals surface area contributed by atoms with E-state index in [4.69, 9.17) is 9.26 Å². The smallest absolute Gasteiger partial charge is 0.247 e. The Morgan fingerprint density at radius 2 is 2.08 bits per heavy atom. The maximum atomic E-state index is 12.4. The Morgan fingerprint density at radius 3 is 2.62 bits per heavy atom. The number of anilines is 1. The fourth-order valence-electron chi connectivity index (χ4n) is 1.80. The zero-order valence-corrected chi connectivity index (χ0v) is 15.7. The highest BCUT2D eigenvalue weighted by Crippen LogP contribution is 2.23. The summed E-state index contributed by atoms with van der Waals surface area (Å²) in [4.78, 5) is 12.4. The molecule has 1 N–H and O–H groups in total. The summed E-state index contributed by atoms with van der Waals surface area (Å²) in [6.45, 7) is 10.7. The van der Waals surface area contributed by atoms with Crippen LogP contribution in [-0.2, 0) is 19.4 Å². The van der Waals surface area contributed by atoms with Crippen molar-refractivity contribution in [2.24, 2.45) is 5.92 Å². The number of hydrogen-bond donors (Lipinski definition) is 1. The molecular formula is C16H26N2O5S. The van der Waals surface area contributed by atoms with Crippen LogP contribution in [0.3, 0.4) is 0 Å². The van der Waals surface area contributed by atoms with Gasteiger partial charge in [-0.25, -0.2) is 8.42 Å². The van der Waals surface area contributed by atoms with Crippen molar-refractivity contribution >= 4 is 27.2 Å². The van der Waals surface area contributed by atoms with Crippen LogP contribution in [0.25, 0.3) is 5.57 Å². The van der Waals surface area contributed by atoms with Crippen molar-refractivity contribution in [1.29, 1.82) is 0 Å². The first-order chi connectivity index (χ1) is 11.0. The highest BCUT2D eigenvalue weighted by atomic mass is 32.2. The standard InChI is InChI=1S/C16H26N2O5S/c1-11(2)7-8-24(20,21)16(4,5)15(19)17-14-9-13(18-23-14)12(3)10-22-6/h9,11H,3,7-8,10H2,1-2,4-6H3,(H,17,19). The molecule has 0 unspecified atom stereocenters. The Bertz CT molecular complexity index is 689. The van der Waals surface area contributed by atoms with Crippen LogP contribution in [0.2, 0.25) is 0 Å². The molecule has 1 amide bonds. The first-order valence-electron chi connectivity index (χ1n) is 7.68. The van der Waals surface area contributed by atoms with E-state index in [-0.39, 0.29) is 24.2 Å². The van der Waals surface area contributed by atoms with Gasteiger partial charge >= 0.3 is 0 Å². The number of aromatic nitrogens is 1. The molecule has 0 saturated carbocycles. The van der Waals surface area contributed by atoms with Gasteiger partial charge in [-0.3, -0.25) is 10.1 Å². The zero-order valence-electron chi connectivity index (χ0n) is 14.9. The van der Waals surface area contributed by atoms with E-state index < -0.39 is 20.5 Å². The van der Waals surface area contributed by atoms with Crippen molar-refractivity contribution in [2.45, 2.75) is 38.9 Å². The van der Waals surface area contributed by atoms with E-state index in [9.17, 15) is 13.2 Å². The molecule has 0 aliphatic heterocycles. The minimum absolute atomic E-state index is 0.0443. The molecule has 1 aromatic rings. The van der Waals surface area contributed by atoms with E-state index in [1.54, 1.807) is 0 Å². The predicted octanol–water partition coefficient (Wildman–Crippen LogP) is 2.51. The Morgan fingerprint density at radius 1 is 1.46 bits per heavy atom. The molecule has 0 fully saturated rings. The number of rotatable bonds is 9. The topological polar surface area (TPSA) is 98.5 Å². The van der Waals surface area contributed by atoms with E-state index >= 15 is 0 Å². The number of nitrogens with one attached hydrogen (secondary N) is 1. The van der Waals surface area contributed by atoms with Gasteiger partial charge in [-0.2, -0.15) is 0 Å². The first kappa shape index (κ1) is 20.4. The van der Waals surface area contributed by atoms with Crippen molar-refractivity contribution in [2.75, 3.05) is 24.8 Å². The van der Waals surface area contributed by atoms with Crippen molar-refractivity contribution in [1.82, 2.24) is 5.16 Å². The number of ether oxygens (including phenoxy) is 1. The highest BCUT2D eigenvalue weighted by Gasteiger charge is 2.41.